The zero-order chi connectivity index (χ0) is 17.4. The number of amides is 1. The Labute approximate surface area is 142 Å². The van der Waals surface area contributed by atoms with Gasteiger partial charge < -0.3 is 19.5 Å². The molecule has 2 aromatic carbocycles. The second-order valence-electron chi connectivity index (χ2n) is 5.35. The van der Waals surface area contributed by atoms with Crippen LogP contribution in [-0.4, -0.2) is 33.3 Å². The molecule has 2 rings (SSSR count). The molecular formula is C19H23NO4. The maximum atomic E-state index is 12.0. The van der Waals surface area contributed by atoms with Gasteiger partial charge in [-0.05, 0) is 30.2 Å². The van der Waals surface area contributed by atoms with E-state index < -0.39 is 0 Å². The van der Waals surface area contributed by atoms with Crippen molar-refractivity contribution in [3.05, 3.63) is 59.7 Å². The Kier molecular flexibility index (Phi) is 6.63. The fraction of sp³-hybridized carbons (Fsp3) is 0.316. The third-order valence-electron chi connectivity index (χ3n) is 3.72. The summed E-state index contributed by atoms with van der Waals surface area (Å²) in [5.74, 6) is 1.08. The first kappa shape index (κ1) is 17.8. The Bertz CT molecular complexity index is 672. The van der Waals surface area contributed by atoms with Crippen molar-refractivity contribution in [2.24, 2.45) is 0 Å². The van der Waals surface area contributed by atoms with E-state index >= 15 is 0 Å². The summed E-state index contributed by atoms with van der Waals surface area (Å²) in [4.78, 5) is 12.0. The van der Waals surface area contributed by atoms with Crippen molar-refractivity contribution in [1.82, 2.24) is 5.32 Å². The molecule has 128 valence electrons. The molecule has 0 saturated carbocycles. The molecule has 2 aromatic rings. The van der Waals surface area contributed by atoms with E-state index in [4.69, 9.17) is 14.2 Å². The number of rotatable bonds is 8. The second kappa shape index (κ2) is 8.93. The largest absolute Gasteiger partial charge is 0.497 e. The third kappa shape index (κ3) is 4.99. The number of hydrogen-bond donors (Lipinski definition) is 1. The summed E-state index contributed by atoms with van der Waals surface area (Å²) in [6.07, 6.45) is -0.188. The first-order valence-electron chi connectivity index (χ1n) is 7.76. The molecule has 1 atom stereocenters. The zero-order valence-electron chi connectivity index (χ0n) is 14.2. The molecule has 1 N–H and O–H groups in total. The molecule has 24 heavy (non-hydrogen) atoms. The zero-order valence-corrected chi connectivity index (χ0v) is 14.2. The molecule has 0 fully saturated rings. The summed E-state index contributed by atoms with van der Waals surface area (Å²) in [5.41, 5.74) is 2.19. The summed E-state index contributed by atoms with van der Waals surface area (Å²) in [5, 5.41) is 2.84. The first-order chi connectivity index (χ1) is 11.6. The molecule has 0 aliphatic carbocycles. The van der Waals surface area contributed by atoms with Gasteiger partial charge in [-0.2, -0.15) is 0 Å². The van der Waals surface area contributed by atoms with Gasteiger partial charge in [0.1, 0.15) is 11.5 Å². The molecule has 0 spiro atoms. The highest BCUT2D eigenvalue weighted by molar-refractivity contribution is 5.77. The molecule has 0 aliphatic rings. The Morgan fingerprint density at radius 1 is 1.08 bits per heavy atom. The van der Waals surface area contributed by atoms with Gasteiger partial charge in [0.05, 0.1) is 13.2 Å². The van der Waals surface area contributed by atoms with Gasteiger partial charge in [0.15, 0.2) is 6.61 Å². The molecular weight excluding hydrogens is 306 g/mol. The molecule has 5 nitrogen and oxygen atoms in total. The lowest BCUT2D eigenvalue weighted by atomic mass is 10.0. The number of carbonyl (C=O) groups excluding carboxylic acids is 1. The molecule has 0 aromatic heterocycles. The van der Waals surface area contributed by atoms with E-state index in [0.717, 1.165) is 11.1 Å². The molecule has 0 unspecified atom stereocenters. The average Bonchev–Trinajstić information content (AvgIpc) is 2.62. The lowest BCUT2D eigenvalue weighted by Gasteiger charge is -2.18. The van der Waals surface area contributed by atoms with Crippen LogP contribution < -0.4 is 14.8 Å². The van der Waals surface area contributed by atoms with Crippen LogP contribution in [0.15, 0.2) is 48.5 Å². The van der Waals surface area contributed by atoms with Crippen LogP contribution in [0.3, 0.4) is 0 Å². The van der Waals surface area contributed by atoms with Gasteiger partial charge in [-0.15, -0.1) is 0 Å². The molecule has 0 bridgehead atoms. The SMILES string of the molecule is COc1cccc(OCC(=O)NC[C@@H](OC)c2ccccc2C)c1. The van der Waals surface area contributed by atoms with E-state index in [0.29, 0.717) is 18.0 Å². The topological polar surface area (TPSA) is 56.8 Å². The van der Waals surface area contributed by atoms with Crippen LogP contribution in [0.2, 0.25) is 0 Å². The summed E-state index contributed by atoms with van der Waals surface area (Å²) in [6, 6.07) is 15.1. The molecule has 0 radical (unpaired) electrons. The minimum absolute atomic E-state index is 0.0582. The predicted octanol–water partition coefficient (Wildman–Crippen LogP) is 2.89. The van der Waals surface area contributed by atoms with Gasteiger partial charge in [0.2, 0.25) is 0 Å². The number of benzene rings is 2. The van der Waals surface area contributed by atoms with Gasteiger partial charge in [-0.1, -0.05) is 30.3 Å². The third-order valence-corrected chi connectivity index (χ3v) is 3.72. The molecule has 0 heterocycles. The average molecular weight is 329 g/mol. The highest BCUT2D eigenvalue weighted by atomic mass is 16.5. The molecule has 0 saturated heterocycles. The van der Waals surface area contributed by atoms with Crippen molar-refractivity contribution in [3.8, 4) is 11.5 Å². The maximum Gasteiger partial charge on any atom is 0.258 e. The Balaban J connectivity index is 1.84. The van der Waals surface area contributed by atoms with Crippen LogP contribution in [0.4, 0.5) is 0 Å². The van der Waals surface area contributed by atoms with Crippen molar-refractivity contribution in [1.29, 1.82) is 0 Å². The summed E-state index contributed by atoms with van der Waals surface area (Å²) in [6.45, 7) is 2.36. The van der Waals surface area contributed by atoms with Crippen LogP contribution in [0.5, 0.6) is 11.5 Å². The number of methoxy groups -OCH3 is 2. The van der Waals surface area contributed by atoms with Crippen molar-refractivity contribution in [3.63, 3.8) is 0 Å². The number of carbonyl (C=O) groups is 1. The second-order valence-corrected chi connectivity index (χ2v) is 5.35. The van der Waals surface area contributed by atoms with Crippen molar-refractivity contribution in [2.45, 2.75) is 13.0 Å². The van der Waals surface area contributed by atoms with Crippen molar-refractivity contribution < 1.29 is 19.0 Å². The van der Waals surface area contributed by atoms with E-state index in [1.165, 1.54) is 0 Å². The quantitative estimate of drug-likeness (QED) is 0.809. The van der Waals surface area contributed by atoms with Gasteiger partial charge in [0.25, 0.3) is 5.91 Å². The lowest BCUT2D eigenvalue weighted by Crippen LogP contribution is -2.33. The molecule has 1 amide bonds. The Hall–Kier alpha value is -2.53. The van der Waals surface area contributed by atoms with E-state index in [9.17, 15) is 4.79 Å². The number of ether oxygens (including phenoxy) is 3. The smallest absolute Gasteiger partial charge is 0.258 e. The van der Waals surface area contributed by atoms with Gasteiger partial charge >= 0.3 is 0 Å². The lowest BCUT2D eigenvalue weighted by molar-refractivity contribution is -0.123. The fourth-order valence-electron chi connectivity index (χ4n) is 2.37. The van der Waals surface area contributed by atoms with E-state index in [-0.39, 0.29) is 18.6 Å². The summed E-state index contributed by atoms with van der Waals surface area (Å²) < 4.78 is 16.1. The van der Waals surface area contributed by atoms with Crippen molar-refractivity contribution in [2.75, 3.05) is 27.4 Å². The molecule has 5 heteroatoms. The van der Waals surface area contributed by atoms with Gasteiger partial charge in [0, 0.05) is 19.7 Å². The number of nitrogens with one attached hydrogen (secondary N) is 1. The van der Waals surface area contributed by atoms with Crippen LogP contribution in [0, 0.1) is 6.92 Å². The Morgan fingerprint density at radius 2 is 1.83 bits per heavy atom. The molecule has 0 aliphatic heterocycles. The number of aryl methyl sites for hydroxylation is 1. The normalized spacial score (nSPS) is 11.6. The summed E-state index contributed by atoms with van der Waals surface area (Å²) in [7, 11) is 3.22. The highest BCUT2D eigenvalue weighted by Gasteiger charge is 2.14. The van der Waals surface area contributed by atoms with Crippen LogP contribution in [-0.2, 0) is 9.53 Å². The fourth-order valence-corrected chi connectivity index (χ4v) is 2.37. The summed E-state index contributed by atoms with van der Waals surface area (Å²) >= 11 is 0. The van der Waals surface area contributed by atoms with E-state index in [1.54, 1.807) is 26.4 Å². The standard InChI is InChI=1S/C19H23NO4/c1-14-7-4-5-10-17(14)18(23-3)12-20-19(21)13-24-16-9-6-8-15(11-16)22-2/h4-11,18H,12-13H2,1-3H3,(H,20,21)/t18-/m1/s1. The van der Waals surface area contributed by atoms with Crippen LogP contribution in [0.25, 0.3) is 0 Å². The maximum absolute atomic E-state index is 12.0. The monoisotopic (exact) mass is 329 g/mol. The van der Waals surface area contributed by atoms with Crippen LogP contribution >= 0.6 is 0 Å². The minimum atomic E-state index is -0.201. The van der Waals surface area contributed by atoms with E-state index in [1.807, 2.05) is 43.3 Å². The first-order valence-corrected chi connectivity index (χ1v) is 7.76. The number of hydrogen-bond acceptors (Lipinski definition) is 4. The Morgan fingerprint density at radius 3 is 2.54 bits per heavy atom. The van der Waals surface area contributed by atoms with Crippen molar-refractivity contribution >= 4 is 5.91 Å². The van der Waals surface area contributed by atoms with Gasteiger partial charge in [-0.25, -0.2) is 0 Å². The minimum Gasteiger partial charge on any atom is -0.497 e. The highest BCUT2D eigenvalue weighted by Crippen LogP contribution is 2.20. The van der Waals surface area contributed by atoms with Gasteiger partial charge in [-0.3, -0.25) is 4.79 Å². The van der Waals surface area contributed by atoms with Crippen LogP contribution in [0.1, 0.15) is 17.2 Å². The van der Waals surface area contributed by atoms with E-state index in [2.05, 4.69) is 5.32 Å². The predicted molar refractivity (Wildman–Crippen MR) is 92.4 cm³/mol.